The predicted octanol–water partition coefficient (Wildman–Crippen LogP) is 3.16. The van der Waals surface area contributed by atoms with Gasteiger partial charge in [-0.2, -0.15) is 0 Å². The molecule has 0 bridgehead atoms. The minimum absolute atomic E-state index is 0.294. The lowest BCUT2D eigenvalue weighted by Crippen LogP contribution is -2.39. The monoisotopic (exact) mass is 218 g/mol. The summed E-state index contributed by atoms with van der Waals surface area (Å²) in [6, 6.07) is 6.30. The number of benzene rings is 1. The first kappa shape index (κ1) is 11.5. The predicted molar refractivity (Wildman–Crippen MR) is 69.1 cm³/mol. The highest BCUT2D eigenvalue weighted by Crippen LogP contribution is 2.32. The van der Waals surface area contributed by atoms with Crippen molar-refractivity contribution in [3.05, 3.63) is 29.3 Å². The van der Waals surface area contributed by atoms with Crippen molar-refractivity contribution < 1.29 is 0 Å². The molecule has 2 nitrogen and oxygen atoms in total. The molecule has 0 saturated carbocycles. The smallest absolute Gasteiger partial charge is 0.0317 e. The molecule has 1 aliphatic heterocycles. The van der Waals surface area contributed by atoms with Crippen LogP contribution in [-0.4, -0.2) is 10.4 Å². The summed E-state index contributed by atoms with van der Waals surface area (Å²) in [5.74, 6) is 0. The molecule has 2 heteroatoms. The highest BCUT2D eigenvalue weighted by Gasteiger charge is 2.30. The zero-order valence-electron chi connectivity index (χ0n) is 10.6. The Balaban J connectivity index is 2.16. The summed E-state index contributed by atoms with van der Waals surface area (Å²) in [6.45, 7) is 9.05. The van der Waals surface area contributed by atoms with E-state index in [0.29, 0.717) is 5.54 Å². The first-order valence-corrected chi connectivity index (χ1v) is 6.15. The Morgan fingerprint density at radius 3 is 2.62 bits per heavy atom. The highest BCUT2D eigenvalue weighted by atomic mass is 15.2. The molecule has 0 radical (unpaired) electrons. The summed E-state index contributed by atoms with van der Waals surface area (Å²) >= 11 is 0. The molecule has 0 fully saturated rings. The molecule has 0 amide bonds. The van der Waals surface area contributed by atoms with E-state index in [0.717, 1.165) is 18.8 Å². The molecule has 0 saturated heterocycles. The largest absolute Gasteiger partial charge is 0.399 e. The number of nitrogens with two attached hydrogens (primary N) is 1. The fourth-order valence-corrected chi connectivity index (χ4v) is 2.61. The fourth-order valence-electron chi connectivity index (χ4n) is 2.61. The minimum atomic E-state index is 0.294. The van der Waals surface area contributed by atoms with Gasteiger partial charge in [0.15, 0.2) is 0 Å². The normalized spacial score (nSPS) is 16.4. The molecule has 16 heavy (non-hydrogen) atoms. The zero-order chi connectivity index (χ0) is 11.8. The van der Waals surface area contributed by atoms with Gasteiger partial charge in [0.25, 0.3) is 0 Å². The van der Waals surface area contributed by atoms with Gasteiger partial charge in [-0.3, -0.25) is 4.90 Å². The van der Waals surface area contributed by atoms with Crippen LogP contribution in [0.1, 0.15) is 44.7 Å². The Labute approximate surface area is 98.4 Å². The average molecular weight is 218 g/mol. The van der Waals surface area contributed by atoms with Crippen molar-refractivity contribution in [2.45, 2.75) is 52.2 Å². The van der Waals surface area contributed by atoms with Crippen molar-refractivity contribution in [1.82, 2.24) is 4.90 Å². The van der Waals surface area contributed by atoms with E-state index in [4.69, 9.17) is 5.73 Å². The second-order valence-electron chi connectivity index (χ2n) is 5.45. The van der Waals surface area contributed by atoms with Gasteiger partial charge in [0, 0.05) is 24.3 Å². The molecule has 1 heterocycles. The van der Waals surface area contributed by atoms with Crippen molar-refractivity contribution in [1.29, 1.82) is 0 Å². The topological polar surface area (TPSA) is 29.3 Å². The number of hydrogen-bond acceptors (Lipinski definition) is 2. The Bertz CT molecular complexity index is 382. The summed E-state index contributed by atoms with van der Waals surface area (Å²) in [7, 11) is 0. The van der Waals surface area contributed by atoms with Gasteiger partial charge in [-0.05, 0) is 43.5 Å². The van der Waals surface area contributed by atoms with E-state index >= 15 is 0 Å². The third kappa shape index (κ3) is 2.07. The summed E-state index contributed by atoms with van der Waals surface area (Å²) in [4.78, 5) is 2.56. The molecule has 0 atom stereocenters. The Kier molecular flexibility index (Phi) is 2.94. The van der Waals surface area contributed by atoms with Gasteiger partial charge in [-0.15, -0.1) is 0 Å². The number of fused-ring (bicyclic) bond motifs is 1. The van der Waals surface area contributed by atoms with Gasteiger partial charge in [-0.25, -0.2) is 0 Å². The van der Waals surface area contributed by atoms with E-state index in [1.807, 2.05) is 6.07 Å². The molecular weight excluding hydrogens is 196 g/mol. The molecule has 1 aromatic rings. The number of nitrogens with zero attached hydrogens (tertiary/aromatic N) is 1. The van der Waals surface area contributed by atoms with Gasteiger partial charge >= 0.3 is 0 Å². The molecule has 1 aromatic carbocycles. The number of nitrogen functional groups attached to an aromatic ring is 1. The van der Waals surface area contributed by atoms with Crippen molar-refractivity contribution in [3.63, 3.8) is 0 Å². The van der Waals surface area contributed by atoms with Gasteiger partial charge in [0.1, 0.15) is 0 Å². The van der Waals surface area contributed by atoms with Crippen molar-refractivity contribution in [2.24, 2.45) is 0 Å². The van der Waals surface area contributed by atoms with Crippen molar-refractivity contribution in [2.75, 3.05) is 5.73 Å². The Morgan fingerprint density at radius 2 is 1.94 bits per heavy atom. The van der Waals surface area contributed by atoms with Crippen LogP contribution in [0.5, 0.6) is 0 Å². The molecular formula is C14H22N2. The van der Waals surface area contributed by atoms with E-state index < -0.39 is 0 Å². The van der Waals surface area contributed by atoms with Crippen LogP contribution >= 0.6 is 0 Å². The quantitative estimate of drug-likeness (QED) is 0.790. The maximum Gasteiger partial charge on any atom is 0.0317 e. The summed E-state index contributed by atoms with van der Waals surface area (Å²) in [5.41, 5.74) is 9.85. The lowest BCUT2D eigenvalue weighted by atomic mass is 9.97. The van der Waals surface area contributed by atoms with Gasteiger partial charge in [-0.1, -0.05) is 19.4 Å². The first-order valence-electron chi connectivity index (χ1n) is 6.15. The van der Waals surface area contributed by atoms with Crippen LogP contribution in [0, 0.1) is 0 Å². The number of anilines is 1. The van der Waals surface area contributed by atoms with E-state index in [1.165, 1.54) is 24.0 Å². The Hall–Kier alpha value is -1.02. The third-order valence-corrected chi connectivity index (χ3v) is 3.67. The van der Waals surface area contributed by atoms with E-state index in [9.17, 15) is 0 Å². The van der Waals surface area contributed by atoms with E-state index in [2.05, 4.69) is 37.8 Å². The average Bonchev–Trinajstić information content (AvgIpc) is 2.61. The lowest BCUT2D eigenvalue weighted by Gasteiger charge is -2.35. The molecule has 88 valence electrons. The maximum atomic E-state index is 5.83. The molecule has 2 N–H and O–H groups in total. The van der Waals surface area contributed by atoms with Crippen LogP contribution in [0.15, 0.2) is 18.2 Å². The second kappa shape index (κ2) is 4.10. The van der Waals surface area contributed by atoms with E-state index in [-0.39, 0.29) is 0 Å². The van der Waals surface area contributed by atoms with Gasteiger partial charge in [0.2, 0.25) is 0 Å². The van der Waals surface area contributed by atoms with Crippen LogP contribution < -0.4 is 5.73 Å². The molecule has 0 unspecified atom stereocenters. The molecule has 2 rings (SSSR count). The highest BCUT2D eigenvalue weighted by molar-refractivity contribution is 5.46. The van der Waals surface area contributed by atoms with Crippen LogP contribution in [-0.2, 0) is 13.1 Å². The van der Waals surface area contributed by atoms with Gasteiger partial charge < -0.3 is 5.73 Å². The first-order chi connectivity index (χ1) is 7.53. The lowest BCUT2D eigenvalue weighted by molar-refractivity contribution is 0.108. The Morgan fingerprint density at radius 1 is 1.25 bits per heavy atom. The maximum absolute atomic E-state index is 5.83. The SMILES string of the molecule is CCCC(C)(C)N1Cc2ccc(N)cc2C1. The number of rotatable bonds is 3. The molecule has 0 aromatic heterocycles. The third-order valence-electron chi connectivity index (χ3n) is 3.67. The number of hydrogen-bond donors (Lipinski definition) is 1. The van der Waals surface area contributed by atoms with E-state index in [1.54, 1.807) is 0 Å². The van der Waals surface area contributed by atoms with Crippen molar-refractivity contribution in [3.8, 4) is 0 Å². The summed E-state index contributed by atoms with van der Waals surface area (Å²) in [6.07, 6.45) is 2.48. The second-order valence-corrected chi connectivity index (χ2v) is 5.45. The molecule has 0 spiro atoms. The van der Waals surface area contributed by atoms with Crippen molar-refractivity contribution >= 4 is 5.69 Å². The van der Waals surface area contributed by atoms with Crippen LogP contribution in [0.3, 0.4) is 0 Å². The summed E-state index contributed by atoms with van der Waals surface area (Å²) < 4.78 is 0. The van der Waals surface area contributed by atoms with Crippen LogP contribution in [0.2, 0.25) is 0 Å². The van der Waals surface area contributed by atoms with Gasteiger partial charge in [0.05, 0.1) is 0 Å². The standard InChI is InChI=1S/C14H22N2/c1-4-7-14(2,3)16-9-11-5-6-13(15)8-12(11)10-16/h5-6,8H,4,7,9-10,15H2,1-3H3. The zero-order valence-corrected chi connectivity index (χ0v) is 10.6. The minimum Gasteiger partial charge on any atom is -0.399 e. The van der Waals surface area contributed by atoms with Crippen LogP contribution in [0.25, 0.3) is 0 Å². The molecule has 1 aliphatic rings. The molecule has 0 aliphatic carbocycles. The summed E-state index contributed by atoms with van der Waals surface area (Å²) in [5, 5.41) is 0. The fraction of sp³-hybridized carbons (Fsp3) is 0.571. The van der Waals surface area contributed by atoms with Crippen LogP contribution in [0.4, 0.5) is 5.69 Å².